The van der Waals surface area contributed by atoms with Gasteiger partial charge in [0.1, 0.15) is 0 Å². The number of likely N-dealkylation sites (N-methyl/N-ethyl adjacent to an activating group) is 1. The van der Waals surface area contributed by atoms with E-state index in [0.717, 1.165) is 36.2 Å². The van der Waals surface area contributed by atoms with Crippen LogP contribution in [0.5, 0.6) is 0 Å². The van der Waals surface area contributed by atoms with Crippen molar-refractivity contribution >= 4 is 17.3 Å². The highest BCUT2D eigenvalue weighted by Crippen LogP contribution is 2.25. The van der Waals surface area contributed by atoms with E-state index in [0.29, 0.717) is 17.8 Å². The predicted molar refractivity (Wildman–Crippen MR) is 140 cm³/mol. The van der Waals surface area contributed by atoms with Gasteiger partial charge in [-0.3, -0.25) is 25.7 Å². The minimum Gasteiger partial charge on any atom is -0.404 e. The van der Waals surface area contributed by atoms with E-state index in [-0.39, 0.29) is 18.2 Å². The van der Waals surface area contributed by atoms with Crippen LogP contribution in [0.25, 0.3) is 0 Å². The zero-order valence-electron chi connectivity index (χ0n) is 21.8. The molecule has 33 heavy (non-hydrogen) atoms. The van der Waals surface area contributed by atoms with Crippen molar-refractivity contribution in [1.29, 1.82) is 0 Å². The molecule has 3 atom stereocenters. The summed E-state index contributed by atoms with van der Waals surface area (Å²) < 4.78 is 0. The van der Waals surface area contributed by atoms with Crippen LogP contribution >= 0.6 is 0 Å². The minimum atomic E-state index is -0.450. The number of carbonyl (C=O) groups is 1. The lowest BCUT2D eigenvalue weighted by molar-refractivity contribution is -0.113. The molecule has 0 radical (unpaired) electrons. The van der Waals surface area contributed by atoms with Gasteiger partial charge in [0.25, 0.3) is 5.91 Å². The van der Waals surface area contributed by atoms with Gasteiger partial charge < -0.3 is 22.1 Å². The first-order valence-electron chi connectivity index (χ1n) is 11.9. The van der Waals surface area contributed by atoms with Crippen molar-refractivity contribution in [3.63, 3.8) is 0 Å². The molecule has 0 aliphatic carbocycles. The summed E-state index contributed by atoms with van der Waals surface area (Å²) in [6.45, 7) is 15.4. The van der Waals surface area contributed by atoms with Crippen molar-refractivity contribution in [2.45, 2.75) is 79.7 Å². The molecule has 190 valence electrons. The number of hydrogen-bond acceptors (Lipinski definition) is 8. The van der Waals surface area contributed by atoms with Crippen LogP contribution in [0, 0.1) is 13.8 Å². The zero-order chi connectivity index (χ0) is 25.4. The molecule has 0 aliphatic rings. The van der Waals surface area contributed by atoms with Gasteiger partial charge in [0, 0.05) is 18.4 Å². The summed E-state index contributed by atoms with van der Waals surface area (Å²) in [5.41, 5.74) is 18.7. The van der Waals surface area contributed by atoms with Crippen LogP contribution in [-0.2, 0) is 9.63 Å². The lowest BCUT2D eigenvalue weighted by Gasteiger charge is -2.26. The predicted octanol–water partition coefficient (Wildman–Crippen LogP) is 2.67. The molecule has 0 saturated carbocycles. The van der Waals surface area contributed by atoms with E-state index in [1.165, 1.54) is 6.20 Å². The fraction of sp³-hybridized carbons (Fsp3) is 0.625. The maximum absolute atomic E-state index is 13.1. The van der Waals surface area contributed by atoms with Gasteiger partial charge in [-0.2, -0.15) is 0 Å². The molecular weight excluding hydrogens is 418 g/mol. The second-order valence-corrected chi connectivity index (χ2v) is 7.71. The Balaban J connectivity index is 0.00000497. The quantitative estimate of drug-likeness (QED) is 0.126. The average molecular weight is 466 g/mol. The number of benzene rings is 1. The van der Waals surface area contributed by atoms with Crippen LogP contribution < -0.4 is 38.2 Å². The van der Waals surface area contributed by atoms with Crippen LogP contribution in [0.1, 0.15) is 58.6 Å². The average Bonchev–Trinajstić information content (AvgIpc) is 2.80. The van der Waals surface area contributed by atoms with Gasteiger partial charge >= 0.3 is 0 Å². The zero-order valence-corrected chi connectivity index (χ0v) is 21.8. The summed E-state index contributed by atoms with van der Waals surface area (Å²) >= 11 is 0. The number of hydrogen-bond donors (Lipinski definition) is 7. The first-order valence-corrected chi connectivity index (χ1v) is 11.9. The Kier molecular flexibility index (Phi) is 16.2. The smallest absolute Gasteiger partial charge is 0.256 e. The maximum atomic E-state index is 13.1. The third-order valence-corrected chi connectivity index (χ3v) is 4.85. The standard InChI is InChI=1S/C22H41N7O2.C2H6/c1-7-9-26-21(28-20(24)8-2)17(12-23)22(30)27-18-11-19(15(4)10-14(18)3)29-31-16(5)13-25-6;1-2/h10-12,16,20-21,25-26,28-29H,7-9,13,23-24H2,1-6H3,(H,27,30);1-2H3/b17-12+;. The van der Waals surface area contributed by atoms with E-state index in [1.54, 1.807) is 0 Å². The van der Waals surface area contributed by atoms with Gasteiger partial charge in [-0.15, -0.1) is 0 Å². The SMILES string of the molecule is CC.CCCNC(NC(N)CC)/C(=C\N)C(=O)Nc1cc(NOC(C)CNC)c(C)cc1C. The van der Waals surface area contributed by atoms with E-state index in [9.17, 15) is 4.79 Å². The van der Waals surface area contributed by atoms with Gasteiger partial charge in [0.05, 0.1) is 29.7 Å². The van der Waals surface area contributed by atoms with Gasteiger partial charge in [0.2, 0.25) is 0 Å². The molecule has 0 heterocycles. The molecule has 1 rings (SSSR count). The summed E-state index contributed by atoms with van der Waals surface area (Å²) in [5.74, 6) is -0.297. The first kappa shape index (κ1) is 30.8. The van der Waals surface area contributed by atoms with Crippen LogP contribution in [0.15, 0.2) is 23.9 Å². The third kappa shape index (κ3) is 11.0. The molecule has 1 aromatic rings. The molecule has 0 bridgehead atoms. The highest BCUT2D eigenvalue weighted by molar-refractivity contribution is 6.05. The van der Waals surface area contributed by atoms with E-state index >= 15 is 0 Å². The fourth-order valence-corrected chi connectivity index (χ4v) is 2.97. The second kappa shape index (κ2) is 17.3. The van der Waals surface area contributed by atoms with E-state index in [2.05, 4.69) is 33.7 Å². The molecule has 1 aromatic carbocycles. The van der Waals surface area contributed by atoms with Crippen molar-refractivity contribution in [2.24, 2.45) is 11.5 Å². The largest absolute Gasteiger partial charge is 0.404 e. The summed E-state index contributed by atoms with van der Waals surface area (Å²) in [6, 6.07) is 3.86. The van der Waals surface area contributed by atoms with E-state index in [1.807, 2.05) is 60.7 Å². The number of rotatable bonds is 14. The van der Waals surface area contributed by atoms with Crippen molar-refractivity contribution in [2.75, 3.05) is 30.9 Å². The summed E-state index contributed by atoms with van der Waals surface area (Å²) in [5, 5.41) is 12.6. The molecule has 0 spiro atoms. The lowest BCUT2D eigenvalue weighted by Crippen LogP contribution is -2.53. The Hall–Kier alpha value is -2.17. The van der Waals surface area contributed by atoms with E-state index < -0.39 is 6.17 Å². The molecule has 1 amide bonds. The molecule has 9 nitrogen and oxygen atoms in total. The number of amides is 1. The second-order valence-electron chi connectivity index (χ2n) is 7.71. The van der Waals surface area contributed by atoms with Crippen LogP contribution in [-0.4, -0.2) is 44.5 Å². The van der Waals surface area contributed by atoms with Crippen molar-refractivity contribution in [3.05, 3.63) is 35.0 Å². The Morgan fingerprint density at radius 1 is 1.15 bits per heavy atom. The topological polar surface area (TPSA) is 138 Å². The Morgan fingerprint density at radius 2 is 1.79 bits per heavy atom. The Morgan fingerprint density at radius 3 is 2.33 bits per heavy atom. The Bertz CT molecular complexity index is 725. The fourth-order valence-electron chi connectivity index (χ4n) is 2.97. The summed E-state index contributed by atoms with van der Waals surface area (Å²) in [6.07, 6.45) is 2.23. The summed E-state index contributed by atoms with van der Waals surface area (Å²) in [4.78, 5) is 18.7. The van der Waals surface area contributed by atoms with Crippen molar-refractivity contribution in [1.82, 2.24) is 16.0 Å². The number of carbonyl (C=O) groups excluding carboxylic acids is 1. The molecule has 0 saturated heterocycles. The Labute approximate surface area is 200 Å². The summed E-state index contributed by atoms with van der Waals surface area (Å²) in [7, 11) is 1.87. The monoisotopic (exact) mass is 465 g/mol. The van der Waals surface area contributed by atoms with Gasteiger partial charge in [-0.1, -0.05) is 33.8 Å². The van der Waals surface area contributed by atoms with Crippen LogP contribution in [0.4, 0.5) is 11.4 Å². The van der Waals surface area contributed by atoms with E-state index in [4.69, 9.17) is 16.3 Å². The lowest BCUT2D eigenvalue weighted by atomic mass is 10.1. The van der Waals surface area contributed by atoms with Crippen molar-refractivity contribution in [3.8, 4) is 0 Å². The van der Waals surface area contributed by atoms with Crippen LogP contribution in [0.2, 0.25) is 0 Å². The van der Waals surface area contributed by atoms with Crippen LogP contribution in [0.3, 0.4) is 0 Å². The maximum Gasteiger partial charge on any atom is 0.256 e. The molecule has 3 unspecified atom stereocenters. The van der Waals surface area contributed by atoms with Gasteiger partial charge in [0.15, 0.2) is 0 Å². The third-order valence-electron chi connectivity index (χ3n) is 4.85. The number of nitrogens with two attached hydrogens (primary N) is 2. The number of nitrogens with one attached hydrogen (secondary N) is 5. The van der Waals surface area contributed by atoms with Gasteiger partial charge in [-0.05, 0) is 64.4 Å². The van der Waals surface area contributed by atoms with Gasteiger partial charge in [-0.25, -0.2) is 0 Å². The highest BCUT2D eigenvalue weighted by Gasteiger charge is 2.22. The van der Waals surface area contributed by atoms with Crippen molar-refractivity contribution < 1.29 is 9.63 Å². The first-order chi connectivity index (χ1) is 15.8. The molecule has 0 aliphatic heterocycles. The molecular formula is C24H47N7O2. The normalized spacial score (nSPS) is 14.0. The molecule has 0 aromatic heterocycles. The minimum absolute atomic E-state index is 0.0187. The molecule has 9 N–H and O–H groups in total. The highest BCUT2D eigenvalue weighted by atomic mass is 16.7. The molecule has 0 fully saturated rings. The number of aryl methyl sites for hydroxylation is 2. The number of anilines is 2. The molecule has 9 heteroatoms.